The van der Waals surface area contributed by atoms with Gasteiger partial charge in [0.25, 0.3) is 0 Å². The van der Waals surface area contributed by atoms with Gasteiger partial charge in [0.05, 0.1) is 17.5 Å². The van der Waals surface area contributed by atoms with Crippen molar-refractivity contribution in [2.24, 2.45) is 0 Å². The van der Waals surface area contributed by atoms with E-state index < -0.39 is 11.0 Å². The predicted molar refractivity (Wildman–Crippen MR) is 115 cm³/mol. The van der Waals surface area contributed by atoms with Crippen LogP contribution in [-0.4, -0.2) is 28.8 Å². The fraction of sp³-hybridized carbons (Fsp3) is 0.364. The number of carbonyl (C=O) groups is 2. The molecule has 1 heterocycles. The first kappa shape index (κ1) is 20.7. The monoisotopic (exact) mass is 450 g/mol. The molecule has 4 rings (SSSR count). The van der Waals surface area contributed by atoms with Crippen LogP contribution in [0.3, 0.4) is 0 Å². The molecule has 4 nitrogen and oxygen atoms in total. The van der Waals surface area contributed by atoms with Crippen molar-refractivity contribution in [3.63, 3.8) is 0 Å². The molecule has 1 unspecified atom stereocenters. The quantitative estimate of drug-likeness (QED) is 0.652. The highest BCUT2D eigenvalue weighted by molar-refractivity contribution is 6.35. The molecular formula is C22H21Cl3N2O2. The molecule has 29 heavy (non-hydrogen) atoms. The third-order valence-corrected chi connectivity index (χ3v) is 6.76. The second-order valence-electron chi connectivity index (χ2n) is 8.04. The van der Waals surface area contributed by atoms with E-state index in [1.807, 2.05) is 19.1 Å². The van der Waals surface area contributed by atoms with Crippen molar-refractivity contribution in [3.8, 4) is 0 Å². The molecule has 1 saturated heterocycles. The molecule has 2 fully saturated rings. The average Bonchev–Trinajstić information content (AvgIpc) is 3.46. The van der Waals surface area contributed by atoms with Crippen LogP contribution in [0.4, 0.5) is 0 Å². The van der Waals surface area contributed by atoms with Crippen LogP contribution < -0.4 is 5.32 Å². The SMILES string of the molecule is CC1(C(=O)N(Cc2ccc(Cl)cc2)C(=O)C2(c3ccc(Cl)cc3Cl)CC2)CCN1. The van der Waals surface area contributed by atoms with Crippen LogP contribution in [0.5, 0.6) is 0 Å². The Morgan fingerprint density at radius 2 is 1.59 bits per heavy atom. The summed E-state index contributed by atoms with van der Waals surface area (Å²) in [7, 11) is 0. The van der Waals surface area contributed by atoms with Crippen molar-refractivity contribution in [2.45, 2.75) is 43.7 Å². The molecule has 0 spiro atoms. The van der Waals surface area contributed by atoms with Crippen LogP contribution in [0.2, 0.25) is 15.1 Å². The smallest absolute Gasteiger partial charge is 0.249 e. The van der Waals surface area contributed by atoms with Crippen molar-refractivity contribution in [2.75, 3.05) is 6.54 Å². The Morgan fingerprint density at radius 3 is 2.10 bits per heavy atom. The third-order valence-electron chi connectivity index (χ3n) is 5.96. The number of hydrogen-bond acceptors (Lipinski definition) is 3. The van der Waals surface area contributed by atoms with Gasteiger partial charge in [-0.25, -0.2) is 0 Å². The molecule has 1 aliphatic carbocycles. The van der Waals surface area contributed by atoms with E-state index in [0.29, 0.717) is 34.3 Å². The van der Waals surface area contributed by atoms with Crippen LogP contribution in [0.25, 0.3) is 0 Å². The minimum atomic E-state index is -0.774. The lowest BCUT2D eigenvalue weighted by Crippen LogP contribution is -2.65. The standard InChI is InChI=1S/C22H21Cl3N2O2/c1-21(10-11-26-21)19(28)27(13-14-2-4-15(23)5-3-14)20(29)22(8-9-22)17-7-6-16(24)12-18(17)25/h2-7,12,26H,8-11,13H2,1H3. The van der Waals surface area contributed by atoms with Crippen LogP contribution in [0.1, 0.15) is 37.3 Å². The highest BCUT2D eigenvalue weighted by atomic mass is 35.5. The zero-order valence-corrected chi connectivity index (χ0v) is 18.2. The zero-order valence-electron chi connectivity index (χ0n) is 16.0. The van der Waals surface area contributed by atoms with E-state index in [9.17, 15) is 9.59 Å². The van der Waals surface area contributed by atoms with Crippen molar-refractivity contribution in [3.05, 3.63) is 68.7 Å². The Bertz CT molecular complexity index is 967. The van der Waals surface area contributed by atoms with E-state index in [4.69, 9.17) is 34.8 Å². The molecule has 1 saturated carbocycles. The second-order valence-corrected chi connectivity index (χ2v) is 9.32. The zero-order chi connectivity index (χ0) is 20.8. The lowest BCUT2D eigenvalue weighted by molar-refractivity contribution is -0.153. The van der Waals surface area contributed by atoms with E-state index >= 15 is 0 Å². The van der Waals surface area contributed by atoms with Crippen molar-refractivity contribution in [1.29, 1.82) is 0 Å². The molecule has 2 aromatic carbocycles. The highest BCUT2D eigenvalue weighted by Gasteiger charge is 2.56. The summed E-state index contributed by atoms with van der Waals surface area (Å²) in [4.78, 5) is 28.5. The minimum absolute atomic E-state index is 0.194. The molecule has 0 bridgehead atoms. The fourth-order valence-corrected chi connectivity index (χ4v) is 4.56. The van der Waals surface area contributed by atoms with Crippen LogP contribution in [-0.2, 0) is 21.5 Å². The van der Waals surface area contributed by atoms with Gasteiger partial charge in [-0.05, 0) is 68.1 Å². The number of halogens is 3. The third kappa shape index (κ3) is 3.79. The predicted octanol–water partition coefficient (Wildman–Crippen LogP) is 4.99. The molecule has 0 aromatic heterocycles. The lowest BCUT2D eigenvalue weighted by atomic mass is 9.87. The van der Waals surface area contributed by atoms with Crippen molar-refractivity contribution in [1.82, 2.24) is 10.2 Å². The molecule has 2 aromatic rings. The number of rotatable bonds is 5. The number of hydrogen-bond donors (Lipinski definition) is 1. The molecule has 2 aliphatic rings. The Morgan fingerprint density at radius 1 is 0.966 bits per heavy atom. The molecule has 0 radical (unpaired) electrons. The fourth-order valence-electron chi connectivity index (χ4n) is 3.85. The Labute approximate surface area is 185 Å². The number of amides is 2. The topological polar surface area (TPSA) is 49.4 Å². The summed E-state index contributed by atoms with van der Waals surface area (Å²) in [6.07, 6.45) is 2.01. The average molecular weight is 452 g/mol. The van der Waals surface area contributed by atoms with Gasteiger partial charge in [-0.2, -0.15) is 0 Å². The van der Waals surface area contributed by atoms with Gasteiger partial charge in [0.15, 0.2) is 0 Å². The molecule has 1 aliphatic heterocycles. The largest absolute Gasteiger partial charge is 0.303 e. The Hall–Kier alpha value is -1.59. The normalized spacial score (nSPS) is 21.9. The van der Waals surface area contributed by atoms with Crippen molar-refractivity contribution >= 4 is 46.6 Å². The van der Waals surface area contributed by atoms with E-state index in [1.54, 1.807) is 30.3 Å². The van der Waals surface area contributed by atoms with E-state index in [1.165, 1.54) is 4.90 Å². The summed E-state index contributed by atoms with van der Waals surface area (Å²) in [5, 5.41) is 4.75. The lowest BCUT2D eigenvalue weighted by Gasteiger charge is -2.42. The van der Waals surface area contributed by atoms with Crippen LogP contribution in [0, 0.1) is 0 Å². The number of nitrogens with one attached hydrogen (secondary N) is 1. The van der Waals surface area contributed by atoms with E-state index in [2.05, 4.69) is 5.32 Å². The number of benzene rings is 2. The number of nitrogens with zero attached hydrogens (tertiary/aromatic N) is 1. The molecule has 1 atom stereocenters. The molecular weight excluding hydrogens is 431 g/mol. The summed E-state index contributed by atoms with van der Waals surface area (Å²) in [5.41, 5.74) is 0.0810. The first-order valence-corrected chi connectivity index (χ1v) is 10.7. The minimum Gasteiger partial charge on any atom is -0.303 e. The summed E-state index contributed by atoms with van der Waals surface area (Å²) in [6, 6.07) is 12.4. The van der Waals surface area contributed by atoms with Crippen LogP contribution in [0.15, 0.2) is 42.5 Å². The Balaban J connectivity index is 1.69. The van der Waals surface area contributed by atoms with Crippen LogP contribution >= 0.6 is 34.8 Å². The first-order chi connectivity index (χ1) is 13.7. The maximum Gasteiger partial charge on any atom is 0.249 e. The number of carbonyl (C=O) groups excluding carboxylic acids is 2. The second kappa shape index (κ2) is 7.59. The van der Waals surface area contributed by atoms with Gasteiger partial charge in [-0.15, -0.1) is 0 Å². The highest BCUT2D eigenvalue weighted by Crippen LogP contribution is 2.52. The van der Waals surface area contributed by atoms with Gasteiger partial charge < -0.3 is 5.32 Å². The van der Waals surface area contributed by atoms with Gasteiger partial charge >= 0.3 is 0 Å². The summed E-state index contributed by atoms with van der Waals surface area (Å²) >= 11 is 18.4. The maximum absolute atomic E-state index is 13.7. The number of imide groups is 1. The summed E-state index contributed by atoms with van der Waals surface area (Å²) < 4.78 is 0. The Kier molecular flexibility index (Phi) is 5.41. The summed E-state index contributed by atoms with van der Waals surface area (Å²) in [5.74, 6) is -0.420. The van der Waals surface area contributed by atoms with Gasteiger partial charge in [0.1, 0.15) is 0 Å². The van der Waals surface area contributed by atoms with Gasteiger partial charge in [-0.1, -0.05) is 53.0 Å². The van der Waals surface area contributed by atoms with E-state index in [0.717, 1.165) is 17.7 Å². The van der Waals surface area contributed by atoms with Crippen molar-refractivity contribution < 1.29 is 9.59 Å². The molecule has 1 N–H and O–H groups in total. The van der Waals surface area contributed by atoms with Gasteiger partial charge in [0.2, 0.25) is 11.8 Å². The first-order valence-electron chi connectivity index (χ1n) is 9.57. The molecule has 7 heteroatoms. The van der Waals surface area contributed by atoms with Gasteiger partial charge in [0, 0.05) is 15.1 Å². The molecule has 2 amide bonds. The molecule has 152 valence electrons. The van der Waals surface area contributed by atoms with E-state index in [-0.39, 0.29) is 18.4 Å². The summed E-state index contributed by atoms with van der Waals surface area (Å²) in [6.45, 7) is 2.80. The van der Waals surface area contributed by atoms with Gasteiger partial charge in [-0.3, -0.25) is 14.5 Å². The maximum atomic E-state index is 13.7.